The normalized spacial score (nSPS) is 10.5. The van der Waals surface area contributed by atoms with Crippen molar-refractivity contribution in [3.63, 3.8) is 0 Å². The predicted molar refractivity (Wildman–Crippen MR) is 95.4 cm³/mol. The van der Waals surface area contributed by atoms with Gasteiger partial charge in [0.2, 0.25) is 34.8 Å². The van der Waals surface area contributed by atoms with E-state index in [4.69, 9.17) is 14.2 Å². The van der Waals surface area contributed by atoms with Gasteiger partial charge in [-0.2, -0.15) is 8.78 Å². The van der Waals surface area contributed by atoms with Crippen molar-refractivity contribution in [2.45, 2.75) is 0 Å². The molecule has 0 fully saturated rings. The molecule has 1 amide bonds. The minimum absolute atomic E-state index is 0.170. The molecular weight excluding hydrogens is 413 g/mol. The third-order valence-electron chi connectivity index (χ3n) is 3.76. The van der Waals surface area contributed by atoms with E-state index in [9.17, 15) is 26.7 Å². The molecule has 3 aromatic rings. The largest absolute Gasteiger partial charge is 0.493 e. The van der Waals surface area contributed by atoms with E-state index in [1.165, 1.54) is 25.3 Å². The number of hydrogen-bond acceptors (Lipinski definition) is 4. The van der Waals surface area contributed by atoms with Crippen LogP contribution in [0.2, 0.25) is 0 Å². The first kappa shape index (κ1) is 20.9. The Morgan fingerprint density at radius 3 is 1.87 bits per heavy atom. The molecule has 0 bridgehead atoms. The van der Waals surface area contributed by atoms with Gasteiger partial charge in [0.05, 0.1) is 7.11 Å². The van der Waals surface area contributed by atoms with E-state index in [0.717, 1.165) is 12.1 Å². The van der Waals surface area contributed by atoms with E-state index in [1.807, 2.05) is 0 Å². The number of methoxy groups -OCH3 is 1. The van der Waals surface area contributed by atoms with Gasteiger partial charge in [-0.1, -0.05) is 12.1 Å². The Hall–Kier alpha value is -3.82. The molecule has 10 heteroatoms. The molecular formula is C20H12F5NO4. The lowest BCUT2D eigenvalue weighted by Crippen LogP contribution is -2.17. The van der Waals surface area contributed by atoms with Crippen molar-refractivity contribution >= 4 is 11.8 Å². The smallest absolute Gasteiger partial charge is 0.417 e. The van der Waals surface area contributed by atoms with E-state index < -0.39 is 40.9 Å². The molecule has 0 saturated heterocycles. The fourth-order valence-corrected chi connectivity index (χ4v) is 2.34. The van der Waals surface area contributed by atoms with Gasteiger partial charge in [-0.15, -0.1) is 0 Å². The van der Waals surface area contributed by atoms with Gasteiger partial charge in [0, 0.05) is 5.69 Å². The molecule has 5 nitrogen and oxygen atoms in total. The first-order valence-corrected chi connectivity index (χ1v) is 8.23. The van der Waals surface area contributed by atoms with Crippen molar-refractivity contribution < 1.29 is 41.0 Å². The van der Waals surface area contributed by atoms with Gasteiger partial charge in [-0.05, 0) is 36.4 Å². The molecule has 3 aromatic carbocycles. The summed E-state index contributed by atoms with van der Waals surface area (Å²) in [6.07, 6.45) is -0.854. The summed E-state index contributed by atoms with van der Waals surface area (Å²) in [7, 11) is 1.41. The van der Waals surface area contributed by atoms with Gasteiger partial charge in [-0.25, -0.2) is 18.0 Å². The van der Waals surface area contributed by atoms with Crippen molar-refractivity contribution in [1.82, 2.24) is 0 Å². The van der Waals surface area contributed by atoms with Gasteiger partial charge < -0.3 is 14.2 Å². The van der Waals surface area contributed by atoms with Crippen molar-refractivity contribution in [2.24, 2.45) is 0 Å². The molecule has 3 rings (SSSR count). The Kier molecular flexibility index (Phi) is 6.05. The van der Waals surface area contributed by atoms with Crippen molar-refractivity contribution in [3.05, 3.63) is 77.6 Å². The van der Waals surface area contributed by atoms with Crippen LogP contribution in [0.4, 0.5) is 32.4 Å². The fourth-order valence-electron chi connectivity index (χ4n) is 2.34. The van der Waals surface area contributed by atoms with E-state index >= 15 is 0 Å². The number of benzene rings is 3. The molecule has 156 valence electrons. The Labute approximate surface area is 166 Å². The highest BCUT2D eigenvalue weighted by atomic mass is 19.2. The van der Waals surface area contributed by atoms with Crippen LogP contribution in [-0.2, 0) is 0 Å². The van der Waals surface area contributed by atoms with Gasteiger partial charge in [0.15, 0.2) is 11.5 Å². The van der Waals surface area contributed by atoms with E-state index in [1.54, 1.807) is 18.2 Å². The number of amides is 1. The van der Waals surface area contributed by atoms with Crippen LogP contribution in [0.1, 0.15) is 0 Å². The standard InChI is InChI=1S/C20H12F5NO4/c1-28-12-4-2-3-5-13(12)30-20(27)26-10-6-8-11(9-7-10)29-19-17(24)15(22)14(21)16(23)18(19)25/h2-9H,1H3,(H,26,27). The molecule has 0 atom stereocenters. The number of anilines is 1. The average molecular weight is 425 g/mol. The lowest BCUT2D eigenvalue weighted by Gasteiger charge is -2.11. The van der Waals surface area contributed by atoms with E-state index in [2.05, 4.69) is 5.32 Å². The maximum Gasteiger partial charge on any atom is 0.417 e. The van der Waals surface area contributed by atoms with Crippen LogP contribution in [0.25, 0.3) is 0 Å². The summed E-state index contributed by atoms with van der Waals surface area (Å²) in [4.78, 5) is 12.0. The minimum atomic E-state index is -2.29. The molecule has 0 saturated carbocycles. The molecule has 0 unspecified atom stereocenters. The average Bonchev–Trinajstić information content (AvgIpc) is 2.75. The second kappa shape index (κ2) is 8.68. The minimum Gasteiger partial charge on any atom is -0.493 e. The third kappa shape index (κ3) is 4.27. The Morgan fingerprint density at radius 1 is 0.767 bits per heavy atom. The number of hydrogen-bond donors (Lipinski definition) is 1. The lowest BCUT2D eigenvalue weighted by molar-refractivity contribution is 0.213. The van der Waals surface area contributed by atoms with Crippen LogP contribution < -0.4 is 19.5 Å². The van der Waals surface area contributed by atoms with Crippen LogP contribution in [0, 0.1) is 29.1 Å². The summed E-state index contributed by atoms with van der Waals surface area (Å²) >= 11 is 0. The first-order valence-electron chi connectivity index (χ1n) is 8.23. The number of nitrogens with one attached hydrogen (secondary N) is 1. The fraction of sp³-hybridized carbons (Fsp3) is 0.0500. The van der Waals surface area contributed by atoms with E-state index in [0.29, 0.717) is 5.75 Å². The van der Waals surface area contributed by atoms with Crippen molar-refractivity contribution in [3.8, 4) is 23.0 Å². The highest BCUT2D eigenvalue weighted by molar-refractivity contribution is 5.86. The zero-order chi connectivity index (χ0) is 21.8. The van der Waals surface area contributed by atoms with Crippen LogP contribution in [0.15, 0.2) is 48.5 Å². The predicted octanol–water partition coefficient (Wildman–Crippen LogP) is 5.79. The Bertz CT molecular complexity index is 1060. The zero-order valence-electron chi connectivity index (χ0n) is 15.1. The quantitative estimate of drug-likeness (QED) is 0.319. The zero-order valence-corrected chi connectivity index (χ0v) is 15.1. The molecule has 0 radical (unpaired) electrons. The van der Waals surface area contributed by atoms with Gasteiger partial charge in [0.25, 0.3) is 0 Å². The summed E-state index contributed by atoms with van der Waals surface area (Å²) in [5.41, 5.74) is 0.208. The van der Waals surface area contributed by atoms with Crippen molar-refractivity contribution in [1.29, 1.82) is 0 Å². The summed E-state index contributed by atoms with van der Waals surface area (Å²) < 4.78 is 81.8. The molecule has 0 heterocycles. The number of ether oxygens (including phenoxy) is 3. The maximum atomic E-state index is 13.7. The molecule has 30 heavy (non-hydrogen) atoms. The molecule has 0 spiro atoms. The lowest BCUT2D eigenvalue weighted by atomic mass is 10.2. The topological polar surface area (TPSA) is 56.8 Å². The number of carbonyl (C=O) groups excluding carboxylic acids is 1. The monoisotopic (exact) mass is 425 g/mol. The molecule has 0 aliphatic heterocycles. The van der Waals surface area contributed by atoms with Crippen LogP contribution in [0.5, 0.6) is 23.0 Å². The van der Waals surface area contributed by atoms with Crippen molar-refractivity contribution in [2.75, 3.05) is 12.4 Å². The SMILES string of the molecule is COc1ccccc1OC(=O)Nc1ccc(Oc2c(F)c(F)c(F)c(F)c2F)cc1. The summed E-state index contributed by atoms with van der Waals surface area (Å²) in [5.74, 6) is -11.9. The van der Waals surface area contributed by atoms with Gasteiger partial charge in [-0.3, -0.25) is 5.32 Å². The summed E-state index contributed by atoms with van der Waals surface area (Å²) in [6, 6.07) is 11.3. The maximum absolute atomic E-state index is 13.7. The molecule has 0 aliphatic rings. The Morgan fingerprint density at radius 2 is 1.30 bits per heavy atom. The van der Waals surface area contributed by atoms with Crippen LogP contribution in [-0.4, -0.2) is 13.2 Å². The van der Waals surface area contributed by atoms with Gasteiger partial charge >= 0.3 is 6.09 Å². The third-order valence-corrected chi connectivity index (χ3v) is 3.76. The number of halogens is 5. The van der Waals surface area contributed by atoms with Gasteiger partial charge in [0.1, 0.15) is 5.75 Å². The number of rotatable bonds is 5. The van der Waals surface area contributed by atoms with Crippen LogP contribution >= 0.6 is 0 Å². The first-order chi connectivity index (χ1) is 14.3. The molecule has 1 N–H and O–H groups in total. The highest BCUT2D eigenvalue weighted by Gasteiger charge is 2.27. The van der Waals surface area contributed by atoms with Crippen LogP contribution in [0.3, 0.4) is 0 Å². The second-order valence-electron chi connectivity index (χ2n) is 5.69. The summed E-state index contributed by atoms with van der Waals surface area (Å²) in [6.45, 7) is 0. The second-order valence-corrected chi connectivity index (χ2v) is 5.69. The number of carbonyl (C=O) groups is 1. The molecule has 0 aromatic heterocycles. The molecule has 0 aliphatic carbocycles. The number of para-hydroxylation sites is 2. The van der Waals surface area contributed by atoms with E-state index in [-0.39, 0.29) is 17.2 Å². The highest BCUT2D eigenvalue weighted by Crippen LogP contribution is 2.33. The summed E-state index contributed by atoms with van der Waals surface area (Å²) in [5, 5.41) is 2.39. The Balaban J connectivity index is 1.71.